The smallest absolute Gasteiger partial charge is 0.273 e. The molecule has 3 saturated heterocycles. The van der Waals surface area contributed by atoms with Crippen LogP contribution >= 0.6 is 0 Å². The van der Waals surface area contributed by atoms with Crippen LogP contribution in [0.1, 0.15) is 30.9 Å². The van der Waals surface area contributed by atoms with E-state index in [0.29, 0.717) is 13.0 Å². The molecule has 0 bridgehead atoms. The van der Waals surface area contributed by atoms with Gasteiger partial charge in [-0.25, -0.2) is 4.90 Å². The number of carbonyl (C=O) groups excluding carboxylic acids is 3. The summed E-state index contributed by atoms with van der Waals surface area (Å²) in [5.74, 6) is -2.67. The average Bonchev–Trinajstić information content (AvgIpc) is 3.56. The third-order valence-electron chi connectivity index (χ3n) is 8.11. The van der Waals surface area contributed by atoms with Gasteiger partial charge in [0.25, 0.3) is 5.69 Å². The third kappa shape index (κ3) is 2.54. The van der Waals surface area contributed by atoms with Gasteiger partial charge >= 0.3 is 0 Å². The maximum absolute atomic E-state index is 14.1. The summed E-state index contributed by atoms with van der Waals surface area (Å²) in [7, 11) is 1.33. The van der Waals surface area contributed by atoms with Crippen molar-refractivity contribution in [3.63, 3.8) is 0 Å². The van der Waals surface area contributed by atoms with Gasteiger partial charge in [0.2, 0.25) is 17.7 Å². The van der Waals surface area contributed by atoms with Gasteiger partial charge in [-0.05, 0) is 37.4 Å². The number of fused-ring (bicyclic) bond motifs is 7. The number of rotatable bonds is 4. The summed E-state index contributed by atoms with van der Waals surface area (Å²) in [4.78, 5) is 55.6. The number of aryl methyl sites for hydroxylation is 1. The number of methoxy groups -OCH3 is 1. The summed E-state index contributed by atoms with van der Waals surface area (Å²) < 4.78 is 5.34. The molecule has 10 heteroatoms. The van der Waals surface area contributed by atoms with Crippen molar-refractivity contribution in [2.75, 3.05) is 23.9 Å². The number of imide groups is 1. The van der Waals surface area contributed by atoms with Crippen molar-refractivity contribution in [1.29, 1.82) is 0 Å². The zero-order chi connectivity index (χ0) is 24.6. The highest BCUT2D eigenvalue weighted by Gasteiger charge is 2.74. The number of benzene rings is 2. The van der Waals surface area contributed by atoms with Gasteiger partial charge in [-0.3, -0.25) is 29.4 Å². The molecule has 35 heavy (non-hydrogen) atoms. The highest BCUT2D eigenvalue weighted by atomic mass is 16.6. The van der Waals surface area contributed by atoms with Crippen molar-refractivity contribution in [3.05, 3.63) is 57.6 Å². The number of nitrogens with zero attached hydrogens (tertiary/aromatic N) is 3. The van der Waals surface area contributed by atoms with E-state index in [4.69, 9.17) is 4.74 Å². The van der Waals surface area contributed by atoms with E-state index in [1.165, 1.54) is 25.3 Å². The summed E-state index contributed by atoms with van der Waals surface area (Å²) in [6.07, 6.45) is 2.26. The number of nitrogens with one attached hydrogen (secondary N) is 1. The molecule has 180 valence electrons. The van der Waals surface area contributed by atoms with Crippen molar-refractivity contribution in [3.8, 4) is 5.75 Å². The van der Waals surface area contributed by atoms with Crippen LogP contribution in [0.15, 0.2) is 36.4 Å². The van der Waals surface area contributed by atoms with E-state index in [9.17, 15) is 24.5 Å². The quantitative estimate of drug-likeness (QED) is 0.409. The van der Waals surface area contributed by atoms with Crippen molar-refractivity contribution >= 4 is 34.8 Å². The zero-order valence-corrected chi connectivity index (χ0v) is 19.3. The van der Waals surface area contributed by atoms with Crippen LogP contribution in [0.4, 0.5) is 17.1 Å². The molecule has 4 unspecified atom stereocenters. The SMILES string of the molecule is CCc1cccc2c1NC(=O)C21C2C(=O)N(c3ccc([N+](=O)[O-])cc3OC)C(=O)C2C2CCCN21. The molecule has 4 atom stereocenters. The molecule has 0 radical (unpaired) electrons. The van der Waals surface area contributed by atoms with E-state index in [1.54, 1.807) is 0 Å². The molecule has 2 aromatic carbocycles. The lowest BCUT2D eigenvalue weighted by Gasteiger charge is -2.36. The maximum Gasteiger partial charge on any atom is 0.273 e. The van der Waals surface area contributed by atoms with E-state index < -0.39 is 34.1 Å². The molecule has 0 aliphatic carbocycles. The number of hydrogen-bond donors (Lipinski definition) is 1. The number of para-hydroxylation sites is 1. The normalized spacial score (nSPS) is 28.9. The lowest BCUT2D eigenvalue weighted by atomic mass is 9.75. The predicted octanol–water partition coefficient (Wildman–Crippen LogP) is 2.60. The molecule has 0 aromatic heterocycles. The summed E-state index contributed by atoms with van der Waals surface area (Å²) in [5.41, 5.74) is 1.15. The van der Waals surface area contributed by atoms with Crippen LogP contribution in [0.5, 0.6) is 5.75 Å². The molecule has 2 aromatic rings. The second-order valence-electron chi connectivity index (χ2n) is 9.45. The van der Waals surface area contributed by atoms with Crippen molar-refractivity contribution in [1.82, 2.24) is 4.90 Å². The number of nitro groups is 1. The first-order chi connectivity index (χ1) is 16.9. The molecular formula is C25H24N4O6. The standard InChI is InChI=1S/C25H24N4O6/c1-3-13-6-4-7-15-21(13)26-24(32)25(15)20-19(17-8-5-11-27(17)25)22(30)28(23(20)31)16-10-9-14(29(33)34)12-18(16)35-2/h4,6-7,9-10,12,17,19-20H,3,5,8,11H2,1-2H3,(H,26,32). The van der Waals surface area contributed by atoms with Crippen LogP contribution < -0.4 is 15.0 Å². The van der Waals surface area contributed by atoms with Gasteiger partial charge in [-0.2, -0.15) is 0 Å². The molecule has 3 fully saturated rings. The van der Waals surface area contributed by atoms with Gasteiger partial charge in [0.15, 0.2) is 0 Å². The van der Waals surface area contributed by atoms with Crippen LogP contribution in [-0.2, 0) is 26.3 Å². The van der Waals surface area contributed by atoms with Crippen molar-refractivity contribution < 1.29 is 24.0 Å². The Balaban J connectivity index is 1.53. The van der Waals surface area contributed by atoms with Gasteiger partial charge in [-0.15, -0.1) is 0 Å². The third-order valence-corrected chi connectivity index (χ3v) is 8.11. The first-order valence-electron chi connectivity index (χ1n) is 11.8. The molecule has 1 N–H and O–H groups in total. The minimum Gasteiger partial charge on any atom is -0.494 e. The van der Waals surface area contributed by atoms with Gasteiger partial charge < -0.3 is 10.1 Å². The maximum atomic E-state index is 14.1. The monoisotopic (exact) mass is 476 g/mol. The van der Waals surface area contributed by atoms with E-state index in [-0.39, 0.29) is 29.1 Å². The Hall–Kier alpha value is -3.79. The molecular weight excluding hydrogens is 452 g/mol. The van der Waals surface area contributed by atoms with Crippen molar-refractivity contribution in [2.24, 2.45) is 11.8 Å². The number of hydrogen-bond acceptors (Lipinski definition) is 7. The second kappa shape index (κ2) is 7.35. The minimum atomic E-state index is -1.26. The zero-order valence-electron chi connectivity index (χ0n) is 19.3. The first-order valence-corrected chi connectivity index (χ1v) is 11.8. The highest BCUT2D eigenvalue weighted by Crippen LogP contribution is 2.61. The fourth-order valence-electron chi connectivity index (χ4n) is 6.79. The average molecular weight is 476 g/mol. The summed E-state index contributed by atoms with van der Waals surface area (Å²) in [6, 6.07) is 9.31. The second-order valence-corrected chi connectivity index (χ2v) is 9.45. The Bertz CT molecular complexity index is 1330. The van der Waals surface area contributed by atoms with Crippen LogP contribution in [0.2, 0.25) is 0 Å². The number of carbonyl (C=O) groups is 3. The molecule has 4 aliphatic rings. The molecule has 3 amide bonds. The summed E-state index contributed by atoms with van der Waals surface area (Å²) in [5, 5.41) is 14.3. The topological polar surface area (TPSA) is 122 Å². The number of anilines is 2. The summed E-state index contributed by atoms with van der Waals surface area (Å²) >= 11 is 0. The Morgan fingerprint density at radius 1 is 1.20 bits per heavy atom. The number of nitro benzene ring substituents is 1. The Morgan fingerprint density at radius 3 is 2.71 bits per heavy atom. The van der Waals surface area contributed by atoms with Crippen LogP contribution in [0.25, 0.3) is 0 Å². The van der Waals surface area contributed by atoms with E-state index in [1.807, 2.05) is 25.1 Å². The molecule has 1 spiro atoms. The minimum absolute atomic E-state index is 0.0581. The van der Waals surface area contributed by atoms with Crippen molar-refractivity contribution in [2.45, 2.75) is 37.8 Å². The lowest BCUT2D eigenvalue weighted by molar-refractivity contribution is -0.384. The van der Waals surface area contributed by atoms with Gasteiger partial charge in [0.05, 0.1) is 35.6 Å². The molecule has 6 rings (SSSR count). The molecule has 0 saturated carbocycles. The van der Waals surface area contributed by atoms with E-state index in [0.717, 1.165) is 34.6 Å². The fraction of sp³-hybridized carbons (Fsp3) is 0.400. The van der Waals surface area contributed by atoms with Crippen LogP contribution in [0.3, 0.4) is 0 Å². The largest absolute Gasteiger partial charge is 0.494 e. The van der Waals surface area contributed by atoms with E-state index in [2.05, 4.69) is 10.2 Å². The van der Waals surface area contributed by atoms with E-state index >= 15 is 0 Å². The number of non-ortho nitro benzene ring substituents is 1. The van der Waals surface area contributed by atoms with Crippen LogP contribution in [-0.4, -0.2) is 47.2 Å². The number of ether oxygens (including phenoxy) is 1. The molecule has 4 heterocycles. The van der Waals surface area contributed by atoms with Gasteiger partial charge in [0.1, 0.15) is 11.3 Å². The summed E-state index contributed by atoms with van der Waals surface area (Å²) in [6.45, 7) is 2.64. The molecule has 4 aliphatic heterocycles. The molecule has 10 nitrogen and oxygen atoms in total. The van der Waals surface area contributed by atoms with Crippen LogP contribution in [0, 0.1) is 22.0 Å². The number of amides is 3. The fourth-order valence-corrected chi connectivity index (χ4v) is 6.79. The Labute approximate surface area is 201 Å². The van der Waals surface area contributed by atoms with Gasteiger partial charge in [-0.1, -0.05) is 25.1 Å². The highest BCUT2D eigenvalue weighted by molar-refractivity contribution is 6.26. The Kier molecular flexibility index (Phi) is 4.56. The Morgan fingerprint density at radius 2 is 2.00 bits per heavy atom. The lowest BCUT2D eigenvalue weighted by Crippen LogP contribution is -2.54. The first kappa shape index (κ1) is 21.7. The van der Waals surface area contributed by atoms with Gasteiger partial charge in [0, 0.05) is 23.4 Å². The predicted molar refractivity (Wildman–Crippen MR) is 125 cm³/mol.